The zero-order chi connectivity index (χ0) is 13.2. The van der Waals surface area contributed by atoms with E-state index in [1.807, 2.05) is 17.8 Å². The largest absolute Gasteiger partial charge is 0.383 e. The number of nitrogens with zero attached hydrogens (tertiary/aromatic N) is 1. The highest BCUT2D eigenvalue weighted by Crippen LogP contribution is 2.43. The van der Waals surface area contributed by atoms with Gasteiger partial charge in [-0.25, -0.2) is 0 Å². The first-order chi connectivity index (χ1) is 8.58. The summed E-state index contributed by atoms with van der Waals surface area (Å²) in [6.45, 7) is 2.68. The van der Waals surface area contributed by atoms with Gasteiger partial charge in [-0.2, -0.15) is 11.8 Å². The van der Waals surface area contributed by atoms with E-state index in [1.165, 1.54) is 19.3 Å². The molecule has 0 heterocycles. The van der Waals surface area contributed by atoms with Crippen LogP contribution in [0.4, 0.5) is 11.4 Å². The number of hydrogen-bond donors (Lipinski definition) is 1. The van der Waals surface area contributed by atoms with Crippen LogP contribution in [0.1, 0.15) is 24.8 Å². The van der Waals surface area contributed by atoms with E-state index >= 15 is 0 Å². The Morgan fingerprint density at radius 3 is 2.72 bits per heavy atom. The first-order valence-corrected chi connectivity index (χ1v) is 7.33. The Balaban J connectivity index is 2.10. The second kappa shape index (κ2) is 5.18. The number of anilines is 1. The zero-order valence-electron chi connectivity index (χ0n) is 10.7. The average molecular weight is 266 g/mol. The van der Waals surface area contributed by atoms with Gasteiger partial charge in [-0.05, 0) is 32.1 Å². The van der Waals surface area contributed by atoms with E-state index in [0.717, 1.165) is 17.8 Å². The van der Waals surface area contributed by atoms with Crippen molar-refractivity contribution in [2.45, 2.75) is 30.9 Å². The SMILES string of the molecule is CSC1(CNc2cccc([N+](=O)[O-])c2C)CCC1. The molecule has 1 saturated carbocycles. The van der Waals surface area contributed by atoms with Gasteiger partial charge in [0, 0.05) is 28.6 Å². The lowest BCUT2D eigenvalue weighted by Crippen LogP contribution is -2.40. The molecule has 0 spiro atoms. The molecule has 1 N–H and O–H groups in total. The molecule has 0 aromatic heterocycles. The number of thioether (sulfide) groups is 1. The third-order valence-corrected chi connectivity index (χ3v) is 5.22. The van der Waals surface area contributed by atoms with E-state index in [2.05, 4.69) is 11.6 Å². The summed E-state index contributed by atoms with van der Waals surface area (Å²) < 4.78 is 0.330. The fraction of sp³-hybridized carbons (Fsp3) is 0.538. The topological polar surface area (TPSA) is 55.2 Å². The van der Waals surface area contributed by atoms with Gasteiger partial charge in [-0.1, -0.05) is 12.5 Å². The van der Waals surface area contributed by atoms with Crippen LogP contribution in [0.25, 0.3) is 0 Å². The summed E-state index contributed by atoms with van der Waals surface area (Å²) in [5.74, 6) is 0. The number of rotatable bonds is 5. The molecular formula is C13H18N2O2S. The molecule has 1 aromatic carbocycles. The van der Waals surface area contributed by atoms with Crippen molar-refractivity contribution in [3.05, 3.63) is 33.9 Å². The van der Waals surface area contributed by atoms with Crippen LogP contribution in [-0.4, -0.2) is 22.5 Å². The predicted molar refractivity (Wildman–Crippen MR) is 76.4 cm³/mol. The summed E-state index contributed by atoms with van der Waals surface area (Å²) in [5.41, 5.74) is 1.79. The minimum atomic E-state index is -0.325. The maximum absolute atomic E-state index is 10.9. The molecule has 5 heteroatoms. The summed E-state index contributed by atoms with van der Waals surface area (Å²) in [4.78, 5) is 10.5. The highest BCUT2D eigenvalue weighted by Gasteiger charge is 2.35. The third kappa shape index (κ3) is 2.46. The highest BCUT2D eigenvalue weighted by atomic mass is 32.2. The average Bonchev–Trinajstić information content (AvgIpc) is 2.29. The lowest BCUT2D eigenvalue weighted by atomic mass is 9.84. The first-order valence-electron chi connectivity index (χ1n) is 6.11. The van der Waals surface area contributed by atoms with Crippen molar-refractivity contribution in [3.63, 3.8) is 0 Å². The molecule has 1 aliphatic carbocycles. The summed E-state index contributed by atoms with van der Waals surface area (Å²) in [6, 6.07) is 5.20. The number of benzene rings is 1. The Labute approximate surface area is 111 Å². The fourth-order valence-corrected chi connectivity index (χ4v) is 3.21. The van der Waals surface area contributed by atoms with Crippen molar-refractivity contribution >= 4 is 23.1 Å². The summed E-state index contributed by atoms with van der Waals surface area (Å²) in [7, 11) is 0. The van der Waals surface area contributed by atoms with Crippen molar-refractivity contribution in [2.75, 3.05) is 18.1 Å². The van der Waals surface area contributed by atoms with Crippen molar-refractivity contribution < 1.29 is 4.92 Å². The van der Waals surface area contributed by atoms with Crippen molar-refractivity contribution in [1.29, 1.82) is 0 Å². The third-order valence-electron chi connectivity index (χ3n) is 3.80. The van der Waals surface area contributed by atoms with E-state index < -0.39 is 0 Å². The quantitative estimate of drug-likeness (QED) is 0.653. The standard InChI is InChI=1S/C13H18N2O2S/c1-10-11(5-3-6-12(10)15(16)17)14-9-13(18-2)7-4-8-13/h3,5-6,14H,4,7-9H2,1-2H3. The van der Waals surface area contributed by atoms with Crippen molar-refractivity contribution in [3.8, 4) is 0 Å². The smallest absolute Gasteiger partial charge is 0.274 e. The molecule has 0 radical (unpaired) electrons. The lowest BCUT2D eigenvalue weighted by Gasteiger charge is -2.40. The second-order valence-electron chi connectivity index (χ2n) is 4.80. The van der Waals surface area contributed by atoms with Crippen molar-refractivity contribution in [1.82, 2.24) is 0 Å². The Bertz CT molecular complexity index is 453. The highest BCUT2D eigenvalue weighted by molar-refractivity contribution is 8.00. The van der Waals surface area contributed by atoms with Gasteiger partial charge < -0.3 is 5.32 Å². The van der Waals surface area contributed by atoms with E-state index in [0.29, 0.717) is 4.75 Å². The van der Waals surface area contributed by atoms with Crippen LogP contribution >= 0.6 is 11.8 Å². The molecular weight excluding hydrogens is 248 g/mol. The molecule has 0 aliphatic heterocycles. The Hall–Kier alpha value is -1.23. The van der Waals surface area contributed by atoms with Gasteiger partial charge in [0.05, 0.1) is 4.92 Å². The van der Waals surface area contributed by atoms with Gasteiger partial charge in [-0.15, -0.1) is 0 Å². The van der Waals surface area contributed by atoms with Gasteiger partial charge in [0.15, 0.2) is 0 Å². The van der Waals surface area contributed by atoms with E-state index in [9.17, 15) is 10.1 Å². The predicted octanol–water partition coefficient (Wildman–Crippen LogP) is 3.60. The molecule has 0 bridgehead atoms. The Morgan fingerprint density at radius 2 is 2.22 bits per heavy atom. The number of nitrogens with one attached hydrogen (secondary N) is 1. The van der Waals surface area contributed by atoms with Gasteiger partial charge in [-0.3, -0.25) is 10.1 Å². The van der Waals surface area contributed by atoms with Gasteiger partial charge in [0.25, 0.3) is 5.69 Å². The van der Waals surface area contributed by atoms with Crippen LogP contribution in [-0.2, 0) is 0 Å². The maximum atomic E-state index is 10.9. The summed E-state index contributed by atoms with van der Waals surface area (Å²) in [5, 5.41) is 14.2. The summed E-state index contributed by atoms with van der Waals surface area (Å²) in [6.07, 6.45) is 5.89. The number of nitro benzene ring substituents is 1. The maximum Gasteiger partial charge on any atom is 0.274 e. The van der Waals surface area contributed by atoms with Gasteiger partial charge in [0.2, 0.25) is 0 Å². The molecule has 1 fully saturated rings. The Kier molecular flexibility index (Phi) is 3.80. The molecule has 0 amide bonds. The van der Waals surface area contributed by atoms with Crippen LogP contribution in [0.3, 0.4) is 0 Å². The van der Waals surface area contributed by atoms with Crippen molar-refractivity contribution in [2.24, 2.45) is 0 Å². The van der Waals surface area contributed by atoms with Crippen LogP contribution in [0.2, 0.25) is 0 Å². The summed E-state index contributed by atoms with van der Waals surface area (Å²) >= 11 is 1.90. The molecule has 2 rings (SSSR count). The minimum Gasteiger partial charge on any atom is -0.383 e. The molecule has 0 unspecified atom stereocenters. The molecule has 1 aliphatic rings. The monoisotopic (exact) mass is 266 g/mol. The number of hydrogen-bond acceptors (Lipinski definition) is 4. The van der Waals surface area contributed by atoms with E-state index in [-0.39, 0.29) is 10.6 Å². The van der Waals surface area contributed by atoms with Gasteiger partial charge >= 0.3 is 0 Å². The fourth-order valence-electron chi connectivity index (χ4n) is 2.29. The number of nitro groups is 1. The molecule has 0 saturated heterocycles. The molecule has 18 heavy (non-hydrogen) atoms. The van der Waals surface area contributed by atoms with Gasteiger partial charge in [0.1, 0.15) is 0 Å². The zero-order valence-corrected chi connectivity index (χ0v) is 11.5. The second-order valence-corrected chi connectivity index (χ2v) is 6.08. The normalized spacial score (nSPS) is 17.0. The molecule has 1 aromatic rings. The minimum absolute atomic E-state index is 0.187. The van der Waals surface area contributed by atoms with Crippen LogP contribution in [0.5, 0.6) is 0 Å². The van der Waals surface area contributed by atoms with Crippen LogP contribution < -0.4 is 5.32 Å². The first kappa shape index (κ1) is 13.2. The van der Waals surface area contributed by atoms with Crippen LogP contribution in [0.15, 0.2) is 18.2 Å². The molecule has 98 valence electrons. The van der Waals surface area contributed by atoms with E-state index in [1.54, 1.807) is 19.1 Å². The van der Waals surface area contributed by atoms with Crippen LogP contribution in [0, 0.1) is 17.0 Å². The molecule has 4 nitrogen and oxygen atoms in total. The molecule has 0 atom stereocenters. The van der Waals surface area contributed by atoms with E-state index in [4.69, 9.17) is 0 Å². The Morgan fingerprint density at radius 1 is 1.50 bits per heavy atom. The lowest BCUT2D eigenvalue weighted by molar-refractivity contribution is -0.385.